The highest BCUT2D eigenvalue weighted by atomic mass is 16.7. The van der Waals surface area contributed by atoms with Crippen LogP contribution in [0.1, 0.15) is 27.7 Å². The molecule has 0 bridgehead atoms. The summed E-state index contributed by atoms with van der Waals surface area (Å²) in [6.45, 7) is 11.2. The van der Waals surface area contributed by atoms with Gasteiger partial charge in [-0.3, -0.25) is 0 Å². The highest BCUT2D eigenvalue weighted by Gasteiger charge is 2.51. The number of benzene rings is 1. The molecule has 2 aliphatic rings. The van der Waals surface area contributed by atoms with Gasteiger partial charge in [-0.05, 0) is 45.3 Å². The Kier molecular flexibility index (Phi) is 4.69. The molecule has 2 aliphatic heterocycles. The van der Waals surface area contributed by atoms with Crippen molar-refractivity contribution >= 4 is 12.6 Å². The third-order valence-electron chi connectivity index (χ3n) is 4.86. The van der Waals surface area contributed by atoms with E-state index in [0.717, 1.165) is 24.4 Å². The summed E-state index contributed by atoms with van der Waals surface area (Å²) in [6.07, 6.45) is 0. The molecule has 1 N–H and O–H groups in total. The molecule has 1 atom stereocenters. The van der Waals surface area contributed by atoms with Gasteiger partial charge in [0, 0.05) is 6.54 Å². The molecule has 0 radical (unpaired) electrons. The zero-order chi connectivity index (χ0) is 16.5. The minimum Gasteiger partial charge on any atom is -0.492 e. The zero-order valence-electron chi connectivity index (χ0n) is 14.4. The second-order valence-corrected chi connectivity index (χ2v) is 7.19. The SMILES string of the molecule is CC1(C)OB(c2ccc(OC[C@H]3COCCN3)cc2)OC1(C)C. The van der Waals surface area contributed by atoms with Gasteiger partial charge in [-0.2, -0.15) is 0 Å². The Balaban J connectivity index is 1.57. The molecule has 0 spiro atoms. The van der Waals surface area contributed by atoms with Gasteiger partial charge in [0.1, 0.15) is 12.4 Å². The third kappa shape index (κ3) is 3.71. The van der Waals surface area contributed by atoms with Crippen LogP contribution in [-0.4, -0.2) is 50.7 Å². The van der Waals surface area contributed by atoms with Crippen molar-refractivity contribution < 1.29 is 18.8 Å². The second-order valence-electron chi connectivity index (χ2n) is 7.19. The summed E-state index contributed by atoms with van der Waals surface area (Å²) in [6, 6.07) is 8.19. The molecular formula is C17H26BNO4. The van der Waals surface area contributed by atoms with Gasteiger partial charge < -0.3 is 24.1 Å². The van der Waals surface area contributed by atoms with Crippen molar-refractivity contribution in [1.29, 1.82) is 0 Å². The first-order valence-corrected chi connectivity index (χ1v) is 8.27. The molecule has 2 fully saturated rings. The van der Waals surface area contributed by atoms with Gasteiger partial charge in [-0.25, -0.2) is 0 Å². The minimum atomic E-state index is -0.331. The lowest BCUT2D eigenvalue weighted by molar-refractivity contribution is 0.00578. The zero-order valence-corrected chi connectivity index (χ0v) is 14.4. The minimum absolute atomic E-state index is 0.256. The van der Waals surface area contributed by atoms with Crippen molar-refractivity contribution in [2.75, 3.05) is 26.4 Å². The maximum Gasteiger partial charge on any atom is 0.494 e. The molecule has 0 saturated carbocycles. The maximum atomic E-state index is 6.06. The second kappa shape index (κ2) is 6.44. The van der Waals surface area contributed by atoms with E-state index in [2.05, 4.69) is 33.0 Å². The highest BCUT2D eigenvalue weighted by Crippen LogP contribution is 2.36. The average Bonchev–Trinajstić information content (AvgIpc) is 2.75. The van der Waals surface area contributed by atoms with Gasteiger partial charge in [-0.1, -0.05) is 12.1 Å². The Hall–Kier alpha value is -1.08. The molecule has 6 heteroatoms. The molecular weight excluding hydrogens is 293 g/mol. The molecule has 126 valence electrons. The molecule has 2 saturated heterocycles. The Morgan fingerprint density at radius 2 is 1.78 bits per heavy atom. The molecule has 0 aromatic heterocycles. The number of hydrogen-bond acceptors (Lipinski definition) is 5. The fourth-order valence-corrected chi connectivity index (χ4v) is 2.62. The van der Waals surface area contributed by atoms with E-state index in [9.17, 15) is 0 Å². The van der Waals surface area contributed by atoms with Crippen molar-refractivity contribution in [3.05, 3.63) is 24.3 Å². The van der Waals surface area contributed by atoms with Gasteiger partial charge in [0.15, 0.2) is 0 Å². The van der Waals surface area contributed by atoms with Crippen molar-refractivity contribution in [1.82, 2.24) is 5.32 Å². The Bertz CT molecular complexity index is 510. The lowest BCUT2D eigenvalue weighted by atomic mass is 9.79. The standard InChI is InChI=1S/C17H26BNO4/c1-16(2)17(3,4)23-18(22-16)13-5-7-15(8-6-13)21-12-14-11-20-10-9-19-14/h5-8,14,19H,9-12H2,1-4H3/t14-/m1/s1. The van der Waals surface area contributed by atoms with Crippen molar-refractivity contribution in [3.8, 4) is 5.75 Å². The molecule has 1 aromatic rings. The first-order valence-electron chi connectivity index (χ1n) is 8.27. The Labute approximate surface area is 138 Å². The van der Waals surface area contributed by atoms with E-state index >= 15 is 0 Å². The summed E-state index contributed by atoms with van der Waals surface area (Å²) in [5.41, 5.74) is 0.369. The first kappa shape index (κ1) is 16.8. The summed E-state index contributed by atoms with van der Waals surface area (Å²) >= 11 is 0. The van der Waals surface area contributed by atoms with Crippen LogP contribution in [0.4, 0.5) is 0 Å². The summed E-state index contributed by atoms with van der Waals surface area (Å²) in [7, 11) is -0.331. The molecule has 23 heavy (non-hydrogen) atoms. The highest BCUT2D eigenvalue weighted by molar-refractivity contribution is 6.62. The smallest absolute Gasteiger partial charge is 0.492 e. The van der Waals surface area contributed by atoms with Crippen LogP contribution in [0, 0.1) is 0 Å². The van der Waals surface area contributed by atoms with Crippen LogP contribution in [0.3, 0.4) is 0 Å². The summed E-state index contributed by atoms with van der Waals surface area (Å²) in [5.74, 6) is 0.845. The van der Waals surface area contributed by atoms with Crippen LogP contribution in [0.25, 0.3) is 0 Å². The summed E-state index contributed by atoms with van der Waals surface area (Å²) in [4.78, 5) is 0. The quantitative estimate of drug-likeness (QED) is 0.849. The lowest BCUT2D eigenvalue weighted by Crippen LogP contribution is -2.44. The number of morpholine rings is 1. The molecule has 0 amide bonds. The van der Waals surface area contributed by atoms with Crippen LogP contribution in [0.15, 0.2) is 24.3 Å². The predicted octanol–water partition coefficient (Wildman–Crippen LogP) is 1.35. The third-order valence-corrected chi connectivity index (χ3v) is 4.86. The largest absolute Gasteiger partial charge is 0.494 e. The molecule has 0 unspecified atom stereocenters. The van der Waals surface area contributed by atoms with E-state index in [1.165, 1.54) is 0 Å². The molecule has 1 aromatic carbocycles. The number of rotatable bonds is 4. The van der Waals surface area contributed by atoms with Crippen LogP contribution in [-0.2, 0) is 14.0 Å². The van der Waals surface area contributed by atoms with Crippen LogP contribution in [0.5, 0.6) is 5.75 Å². The van der Waals surface area contributed by atoms with Crippen LogP contribution >= 0.6 is 0 Å². The fourth-order valence-electron chi connectivity index (χ4n) is 2.62. The van der Waals surface area contributed by atoms with E-state index in [4.69, 9.17) is 18.8 Å². The number of ether oxygens (including phenoxy) is 2. The van der Waals surface area contributed by atoms with Gasteiger partial charge in [0.2, 0.25) is 0 Å². The van der Waals surface area contributed by atoms with E-state index in [1.807, 2.05) is 24.3 Å². The first-order chi connectivity index (χ1) is 10.9. The normalized spacial score (nSPS) is 26.3. The summed E-state index contributed by atoms with van der Waals surface area (Å²) in [5, 5.41) is 3.37. The Morgan fingerprint density at radius 3 is 2.35 bits per heavy atom. The predicted molar refractivity (Wildman–Crippen MR) is 90.3 cm³/mol. The molecule has 0 aliphatic carbocycles. The van der Waals surface area contributed by atoms with Crippen LogP contribution in [0.2, 0.25) is 0 Å². The van der Waals surface area contributed by atoms with Gasteiger partial charge in [0.25, 0.3) is 0 Å². The van der Waals surface area contributed by atoms with E-state index in [0.29, 0.717) is 13.2 Å². The average molecular weight is 319 g/mol. The van der Waals surface area contributed by atoms with Crippen molar-refractivity contribution in [3.63, 3.8) is 0 Å². The molecule has 3 rings (SSSR count). The van der Waals surface area contributed by atoms with Crippen LogP contribution < -0.4 is 15.5 Å². The lowest BCUT2D eigenvalue weighted by Gasteiger charge is -2.32. The summed E-state index contributed by atoms with van der Waals surface area (Å²) < 4.78 is 23.4. The number of hydrogen-bond donors (Lipinski definition) is 1. The van der Waals surface area contributed by atoms with Gasteiger partial charge in [-0.15, -0.1) is 0 Å². The van der Waals surface area contributed by atoms with Crippen molar-refractivity contribution in [2.45, 2.75) is 44.9 Å². The monoisotopic (exact) mass is 319 g/mol. The topological polar surface area (TPSA) is 49.0 Å². The van der Waals surface area contributed by atoms with Gasteiger partial charge >= 0.3 is 7.12 Å². The molecule has 5 nitrogen and oxygen atoms in total. The fraction of sp³-hybridized carbons (Fsp3) is 0.647. The number of nitrogens with one attached hydrogen (secondary N) is 1. The van der Waals surface area contributed by atoms with E-state index in [-0.39, 0.29) is 24.4 Å². The van der Waals surface area contributed by atoms with Crippen molar-refractivity contribution in [2.24, 2.45) is 0 Å². The van der Waals surface area contributed by atoms with E-state index in [1.54, 1.807) is 0 Å². The maximum absolute atomic E-state index is 6.06. The van der Waals surface area contributed by atoms with Gasteiger partial charge in [0.05, 0.1) is 30.5 Å². The van der Waals surface area contributed by atoms with E-state index < -0.39 is 0 Å². The molecule has 2 heterocycles. The Morgan fingerprint density at radius 1 is 1.13 bits per heavy atom.